The monoisotopic (exact) mass is 495 g/mol. The number of amides is 1. The van der Waals surface area contributed by atoms with Gasteiger partial charge in [-0.2, -0.15) is 0 Å². The van der Waals surface area contributed by atoms with Crippen molar-refractivity contribution in [3.05, 3.63) is 35.9 Å². The molecule has 0 saturated carbocycles. The van der Waals surface area contributed by atoms with Gasteiger partial charge in [0, 0.05) is 12.5 Å². The van der Waals surface area contributed by atoms with Crippen LogP contribution in [-0.4, -0.2) is 77.8 Å². The molecule has 6 atom stereocenters. The molecular formula is C25H37NO9. The number of benzene rings is 1. The van der Waals surface area contributed by atoms with E-state index in [1.54, 1.807) is 13.8 Å². The minimum atomic E-state index is -1.86. The van der Waals surface area contributed by atoms with Crippen LogP contribution in [0.2, 0.25) is 0 Å². The van der Waals surface area contributed by atoms with E-state index in [1.165, 1.54) is 0 Å². The van der Waals surface area contributed by atoms with Gasteiger partial charge in [-0.25, -0.2) is 4.79 Å². The lowest BCUT2D eigenvalue weighted by Crippen LogP contribution is -2.64. The Balaban J connectivity index is 1.35. The molecule has 0 bridgehead atoms. The van der Waals surface area contributed by atoms with Crippen LogP contribution < -0.4 is 5.32 Å². The molecule has 1 aromatic rings. The average molecular weight is 496 g/mol. The molecule has 1 aromatic carbocycles. The number of hydrogen-bond donors (Lipinski definition) is 3. The maximum absolute atomic E-state index is 12.0. The van der Waals surface area contributed by atoms with Gasteiger partial charge in [0.15, 0.2) is 17.4 Å². The summed E-state index contributed by atoms with van der Waals surface area (Å²) in [7, 11) is 0. The van der Waals surface area contributed by atoms with E-state index in [9.17, 15) is 15.0 Å². The van der Waals surface area contributed by atoms with Crippen LogP contribution in [0.25, 0.3) is 0 Å². The van der Waals surface area contributed by atoms with Crippen LogP contribution in [0.15, 0.2) is 30.3 Å². The van der Waals surface area contributed by atoms with E-state index < -0.39 is 60.4 Å². The van der Waals surface area contributed by atoms with Gasteiger partial charge in [0.1, 0.15) is 24.9 Å². The van der Waals surface area contributed by atoms with Gasteiger partial charge in [0.05, 0.1) is 19.3 Å². The van der Waals surface area contributed by atoms with Gasteiger partial charge in [0.2, 0.25) is 0 Å². The lowest BCUT2D eigenvalue weighted by Gasteiger charge is -2.48. The van der Waals surface area contributed by atoms with Crippen molar-refractivity contribution in [3.8, 4) is 0 Å². The standard InChI is InChI=1S/C25H37NO9/c1-23(2)31-14-18(32-23)20-21-19(33-24(3,4)34-21)17(25(29,15-27)35-20)11-8-12-26-22(28)30-13-16-9-6-5-7-10-16/h5-7,9-10,17-21,27,29H,8,11-15H2,1-4H3,(H,26,28)/t17?,18-,19-,20-,21-,25+/m1/s1. The van der Waals surface area contributed by atoms with Crippen LogP contribution in [0.5, 0.6) is 0 Å². The first-order chi connectivity index (χ1) is 16.5. The number of carbonyl (C=O) groups is 1. The van der Waals surface area contributed by atoms with Crippen molar-refractivity contribution in [2.75, 3.05) is 19.8 Å². The highest BCUT2D eigenvalue weighted by atomic mass is 16.8. The molecule has 3 aliphatic rings. The third-order valence-electron chi connectivity index (χ3n) is 6.60. The second-order valence-corrected chi connectivity index (χ2v) is 10.3. The number of hydrogen-bond acceptors (Lipinski definition) is 9. The van der Waals surface area contributed by atoms with Crippen LogP contribution in [-0.2, 0) is 35.0 Å². The molecule has 0 aromatic heterocycles. The second-order valence-electron chi connectivity index (χ2n) is 10.3. The summed E-state index contributed by atoms with van der Waals surface area (Å²) in [6.07, 6.45) is -1.85. The van der Waals surface area contributed by atoms with Gasteiger partial charge in [-0.05, 0) is 46.1 Å². The fraction of sp³-hybridized carbons (Fsp3) is 0.720. The third-order valence-corrected chi connectivity index (χ3v) is 6.60. The summed E-state index contributed by atoms with van der Waals surface area (Å²) in [6.45, 7) is 7.38. The van der Waals surface area contributed by atoms with Gasteiger partial charge in [-0.1, -0.05) is 30.3 Å². The zero-order valence-corrected chi connectivity index (χ0v) is 20.8. The van der Waals surface area contributed by atoms with E-state index in [-0.39, 0.29) is 13.2 Å². The number of fused-ring (bicyclic) bond motifs is 1. The van der Waals surface area contributed by atoms with Crippen LogP contribution in [0.3, 0.4) is 0 Å². The van der Waals surface area contributed by atoms with E-state index in [0.717, 1.165) is 5.56 Å². The number of aliphatic hydroxyl groups excluding tert-OH is 1. The van der Waals surface area contributed by atoms with Crippen molar-refractivity contribution in [1.82, 2.24) is 5.32 Å². The molecule has 10 heteroatoms. The second kappa shape index (κ2) is 10.3. The predicted molar refractivity (Wildman–Crippen MR) is 123 cm³/mol. The zero-order chi connectivity index (χ0) is 25.3. The Morgan fingerprint density at radius 1 is 1.03 bits per heavy atom. The minimum absolute atomic E-state index is 0.183. The van der Waals surface area contributed by atoms with Gasteiger partial charge >= 0.3 is 6.09 Å². The Kier molecular flexibility index (Phi) is 7.73. The average Bonchev–Trinajstić information content (AvgIpc) is 3.34. The summed E-state index contributed by atoms with van der Waals surface area (Å²) in [5, 5.41) is 24.2. The topological polar surface area (TPSA) is 125 Å². The van der Waals surface area contributed by atoms with E-state index >= 15 is 0 Å². The third kappa shape index (κ3) is 6.14. The molecule has 4 rings (SSSR count). The Labute approximate surface area is 205 Å². The number of ether oxygens (including phenoxy) is 6. The Hall–Kier alpha value is -1.79. The molecule has 3 heterocycles. The first-order valence-corrected chi connectivity index (χ1v) is 12.1. The number of nitrogens with one attached hydrogen (secondary N) is 1. The molecule has 1 amide bonds. The highest BCUT2D eigenvalue weighted by molar-refractivity contribution is 5.67. The highest BCUT2D eigenvalue weighted by Crippen LogP contribution is 2.47. The summed E-state index contributed by atoms with van der Waals surface area (Å²) >= 11 is 0. The van der Waals surface area contributed by atoms with Crippen molar-refractivity contribution in [1.29, 1.82) is 0 Å². The maximum Gasteiger partial charge on any atom is 0.407 e. The molecule has 3 N–H and O–H groups in total. The normalized spacial score (nSPS) is 35.4. The zero-order valence-electron chi connectivity index (χ0n) is 20.8. The Morgan fingerprint density at radius 3 is 2.40 bits per heavy atom. The molecule has 0 radical (unpaired) electrons. The molecule has 3 aliphatic heterocycles. The van der Waals surface area contributed by atoms with E-state index in [2.05, 4.69) is 5.32 Å². The molecule has 1 unspecified atom stereocenters. The van der Waals surface area contributed by atoms with Crippen molar-refractivity contribution >= 4 is 6.09 Å². The summed E-state index contributed by atoms with van der Waals surface area (Å²) in [5.74, 6) is -4.13. The number of carbonyl (C=O) groups excluding carboxylic acids is 1. The van der Waals surface area contributed by atoms with Gasteiger partial charge in [-0.3, -0.25) is 0 Å². The van der Waals surface area contributed by atoms with Gasteiger partial charge in [-0.15, -0.1) is 0 Å². The summed E-state index contributed by atoms with van der Waals surface area (Å²) in [6, 6.07) is 9.42. The predicted octanol–water partition coefficient (Wildman–Crippen LogP) is 2.06. The van der Waals surface area contributed by atoms with Gasteiger partial charge in [0.25, 0.3) is 0 Å². The minimum Gasteiger partial charge on any atom is -0.445 e. The molecule has 3 saturated heterocycles. The summed E-state index contributed by atoms with van der Waals surface area (Å²) in [4.78, 5) is 12.0. The van der Waals surface area contributed by atoms with Crippen LogP contribution in [0.4, 0.5) is 4.79 Å². The SMILES string of the molecule is CC1(C)O[C@H]2[C@@H]([C@H]3COC(C)(C)O3)O[C@@](O)(CO)C(CCCNC(=O)OCc3ccccc3)[C@H]2O1. The largest absolute Gasteiger partial charge is 0.445 e. The van der Waals surface area contributed by atoms with Gasteiger partial charge < -0.3 is 44.0 Å². The number of rotatable bonds is 8. The summed E-state index contributed by atoms with van der Waals surface area (Å²) in [5.41, 5.74) is 0.900. The first kappa shape index (κ1) is 26.3. The Bertz CT molecular complexity index is 864. The van der Waals surface area contributed by atoms with Crippen molar-refractivity contribution in [3.63, 3.8) is 0 Å². The number of alkyl carbamates (subject to hydrolysis) is 1. The molecule has 35 heavy (non-hydrogen) atoms. The lowest BCUT2D eigenvalue weighted by molar-refractivity contribution is -0.341. The fourth-order valence-corrected chi connectivity index (χ4v) is 5.02. The van der Waals surface area contributed by atoms with Crippen molar-refractivity contribution < 1.29 is 43.4 Å². The van der Waals surface area contributed by atoms with Crippen molar-refractivity contribution in [2.24, 2.45) is 5.92 Å². The van der Waals surface area contributed by atoms with E-state index in [1.807, 2.05) is 44.2 Å². The smallest absolute Gasteiger partial charge is 0.407 e. The van der Waals surface area contributed by atoms with E-state index in [0.29, 0.717) is 19.4 Å². The van der Waals surface area contributed by atoms with Crippen molar-refractivity contribution in [2.45, 2.75) is 88.9 Å². The molecule has 10 nitrogen and oxygen atoms in total. The van der Waals surface area contributed by atoms with Crippen LogP contribution in [0.1, 0.15) is 46.1 Å². The highest BCUT2D eigenvalue weighted by Gasteiger charge is 2.62. The summed E-state index contributed by atoms with van der Waals surface area (Å²) < 4.78 is 35.3. The fourth-order valence-electron chi connectivity index (χ4n) is 5.02. The van der Waals surface area contributed by atoms with Crippen LogP contribution >= 0.6 is 0 Å². The van der Waals surface area contributed by atoms with Crippen LogP contribution in [0, 0.1) is 5.92 Å². The molecule has 3 fully saturated rings. The van der Waals surface area contributed by atoms with E-state index in [4.69, 9.17) is 28.4 Å². The molecule has 196 valence electrons. The molecule has 0 spiro atoms. The Morgan fingerprint density at radius 2 is 1.74 bits per heavy atom. The molecule has 0 aliphatic carbocycles. The molecular weight excluding hydrogens is 458 g/mol. The maximum atomic E-state index is 12.0. The first-order valence-electron chi connectivity index (χ1n) is 12.1. The lowest BCUT2D eigenvalue weighted by atomic mass is 9.80. The quantitative estimate of drug-likeness (QED) is 0.465. The number of aliphatic hydroxyl groups is 2.